The highest BCUT2D eigenvalue weighted by atomic mass is 16.5. The number of carbonyl (C=O) groups excluding carboxylic acids is 3. The van der Waals surface area contributed by atoms with Crippen LogP contribution in [0.25, 0.3) is 0 Å². The van der Waals surface area contributed by atoms with Gasteiger partial charge in [-0.15, -0.1) is 0 Å². The molecule has 1 rings (SSSR count). The summed E-state index contributed by atoms with van der Waals surface area (Å²) in [7, 11) is 1.46. The van der Waals surface area contributed by atoms with Crippen LogP contribution in [-0.2, 0) is 14.4 Å². The Balaban J connectivity index is 2.54. The Morgan fingerprint density at radius 1 is 1.20 bits per heavy atom. The smallest absolute Gasteiger partial charge is 0.329 e. The predicted octanol–water partition coefficient (Wildman–Crippen LogP) is 1.43. The molecule has 0 radical (unpaired) electrons. The zero-order valence-electron chi connectivity index (χ0n) is 14.9. The van der Waals surface area contributed by atoms with Gasteiger partial charge in [0.05, 0.1) is 19.2 Å². The minimum absolute atomic E-state index is 0.0404. The molecule has 0 spiro atoms. The van der Waals surface area contributed by atoms with E-state index >= 15 is 0 Å². The summed E-state index contributed by atoms with van der Waals surface area (Å²) in [5.74, 6) is -1.58. The molecule has 8 nitrogen and oxygen atoms in total. The molecule has 136 valence electrons. The molecule has 0 aromatic heterocycles. The fraction of sp³-hybridized carbons (Fsp3) is 0.412. The van der Waals surface area contributed by atoms with Crippen molar-refractivity contribution in [1.29, 1.82) is 0 Å². The van der Waals surface area contributed by atoms with Crippen molar-refractivity contribution in [2.24, 2.45) is 5.10 Å². The minimum atomic E-state index is -0.937. The van der Waals surface area contributed by atoms with Crippen LogP contribution in [0.3, 0.4) is 0 Å². The number of nitrogens with zero attached hydrogens (tertiary/aromatic N) is 1. The molecule has 3 N–H and O–H groups in total. The molecule has 1 aromatic rings. The van der Waals surface area contributed by atoms with Crippen LogP contribution in [0.5, 0.6) is 5.75 Å². The first kappa shape index (κ1) is 20.1. The van der Waals surface area contributed by atoms with Gasteiger partial charge in [0.15, 0.2) is 0 Å². The van der Waals surface area contributed by atoms with Crippen LogP contribution in [0.15, 0.2) is 29.4 Å². The number of ether oxygens (including phenoxy) is 1. The molecule has 0 aliphatic rings. The summed E-state index contributed by atoms with van der Waals surface area (Å²) in [6.45, 7) is 5.45. The number of hydrogen-bond acceptors (Lipinski definition) is 5. The van der Waals surface area contributed by atoms with Crippen LogP contribution in [0.1, 0.15) is 33.6 Å². The molecule has 1 aromatic carbocycles. The molecular formula is C17H24N4O4. The van der Waals surface area contributed by atoms with Gasteiger partial charge in [-0.25, -0.2) is 5.43 Å². The summed E-state index contributed by atoms with van der Waals surface area (Å²) in [6, 6.07) is 6.78. The number of carbonyl (C=O) groups is 3. The Hall–Kier alpha value is -2.90. The van der Waals surface area contributed by atoms with Gasteiger partial charge in [0.25, 0.3) is 0 Å². The molecule has 0 saturated heterocycles. The van der Waals surface area contributed by atoms with Gasteiger partial charge in [-0.3, -0.25) is 14.4 Å². The average molecular weight is 348 g/mol. The van der Waals surface area contributed by atoms with Crippen LogP contribution in [0.4, 0.5) is 5.69 Å². The molecular weight excluding hydrogens is 324 g/mol. The lowest BCUT2D eigenvalue weighted by molar-refractivity contribution is -0.136. The molecule has 1 unspecified atom stereocenters. The number of anilines is 1. The fourth-order valence-electron chi connectivity index (χ4n) is 1.82. The van der Waals surface area contributed by atoms with Crippen molar-refractivity contribution in [3.05, 3.63) is 24.3 Å². The maximum Gasteiger partial charge on any atom is 0.329 e. The lowest BCUT2D eigenvalue weighted by Crippen LogP contribution is -2.35. The number of rotatable bonds is 7. The van der Waals surface area contributed by atoms with E-state index in [4.69, 9.17) is 4.74 Å². The normalized spacial score (nSPS) is 12.1. The van der Waals surface area contributed by atoms with Crippen molar-refractivity contribution < 1.29 is 19.1 Å². The number of nitrogens with one attached hydrogen (secondary N) is 3. The molecule has 0 bridgehead atoms. The largest absolute Gasteiger partial charge is 0.495 e. The third-order valence-corrected chi connectivity index (χ3v) is 3.35. The van der Waals surface area contributed by atoms with Crippen LogP contribution in [0, 0.1) is 0 Å². The van der Waals surface area contributed by atoms with E-state index < -0.39 is 11.8 Å². The number of amides is 3. The summed E-state index contributed by atoms with van der Waals surface area (Å²) in [5.41, 5.74) is 2.89. The van der Waals surface area contributed by atoms with Crippen LogP contribution >= 0.6 is 0 Å². The number of hydrogen-bond donors (Lipinski definition) is 3. The molecule has 8 heteroatoms. The third kappa shape index (κ3) is 7.03. The molecule has 0 heterocycles. The number of para-hydroxylation sites is 2. The highest BCUT2D eigenvalue weighted by Gasteiger charge is 2.15. The Bertz CT molecular complexity index is 658. The van der Waals surface area contributed by atoms with Crippen molar-refractivity contribution in [3.63, 3.8) is 0 Å². The summed E-state index contributed by atoms with van der Waals surface area (Å²) in [5, 5.41) is 8.99. The third-order valence-electron chi connectivity index (χ3n) is 3.35. The first-order chi connectivity index (χ1) is 11.9. The van der Waals surface area contributed by atoms with Gasteiger partial charge >= 0.3 is 11.8 Å². The van der Waals surface area contributed by atoms with Crippen molar-refractivity contribution in [2.75, 3.05) is 12.4 Å². The summed E-state index contributed by atoms with van der Waals surface area (Å²) in [4.78, 5) is 35.4. The molecule has 3 amide bonds. The van der Waals surface area contributed by atoms with Crippen molar-refractivity contribution >= 4 is 29.1 Å². The van der Waals surface area contributed by atoms with Crippen LogP contribution < -0.4 is 20.8 Å². The van der Waals surface area contributed by atoms with Crippen molar-refractivity contribution in [1.82, 2.24) is 10.7 Å². The van der Waals surface area contributed by atoms with Gasteiger partial charge in [-0.1, -0.05) is 19.1 Å². The topological polar surface area (TPSA) is 109 Å². The minimum Gasteiger partial charge on any atom is -0.495 e. The quantitative estimate of drug-likeness (QED) is 0.393. The van der Waals surface area contributed by atoms with E-state index in [1.807, 2.05) is 13.8 Å². The fourth-order valence-corrected chi connectivity index (χ4v) is 1.82. The van der Waals surface area contributed by atoms with E-state index in [1.165, 1.54) is 7.11 Å². The summed E-state index contributed by atoms with van der Waals surface area (Å²) in [6.07, 6.45) is 0.862. The summed E-state index contributed by atoms with van der Waals surface area (Å²) >= 11 is 0. The van der Waals surface area contributed by atoms with Gasteiger partial charge in [0.2, 0.25) is 5.91 Å². The van der Waals surface area contributed by atoms with Gasteiger partial charge in [-0.05, 0) is 32.4 Å². The number of benzene rings is 1. The summed E-state index contributed by atoms with van der Waals surface area (Å²) < 4.78 is 5.09. The van der Waals surface area contributed by atoms with E-state index in [9.17, 15) is 14.4 Å². The van der Waals surface area contributed by atoms with E-state index in [2.05, 4.69) is 21.2 Å². The second-order valence-corrected chi connectivity index (χ2v) is 5.50. The van der Waals surface area contributed by atoms with Crippen LogP contribution in [-0.4, -0.2) is 36.6 Å². The molecule has 25 heavy (non-hydrogen) atoms. The Kier molecular flexibility index (Phi) is 8.11. The predicted molar refractivity (Wildman–Crippen MR) is 95.4 cm³/mol. The Labute approximate surface area is 147 Å². The SMILES string of the molecule is CCC(C)NC(=O)CC(C)=NNC(=O)C(=O)Nc1ccccc1OC. The Morgan fingerprint density at radius 2 is 1.88 bits per heavy atom. The van der Waals surface area contributed by atoms with Crippen LogP contribution in [0.2, 0.25) is 0 Å². The van der Waals surface area contributed by atoms with E-state index in [1.54, 1.807) is 31.2 Å². The van der Waals surface area contributed by atoms with E-state index in [-0.39, 0.29) is 18.4 Å². The van der Waals surface area contributed by atoms with Crippen molar-refractivity contribution in [2.45, 2.75) is 39.7 Å². The number of hydrazone groups is 1. The number of methoxy groups -OCH3 is 1. The first-order valence-corrected chi connectivity index (χ1v) is 7.94. The maximum atomic E-state index is 11.9. The Morgan fingerprint density at radius 3 is 2.52 bits per heavy atom. The van der Waals surface area contributed by atoms with Gasteiger partial charge < -0.3 is 15.4 Å². The molecule has 0 aliphatic heterocycles. The zero-order chi connectivity index (χ0) is 18.8. The van der Waals surface area contributed by atoms with Crippen molar-refractivity contribution in [3.8, 4) is 5.75 Å². The monoisotopic (exact) mass is 348 g/mol. The maximum absolute atomic E-state index is 11.9. The average Bonchev–Trinajstić information content (AvgIpc) is 2.59. The van der Waals surface area contributed by atoms with E-state index in [0.29, 0.717) is 17.1 Å². The lowest BCUT2D eigenvalue weighted by Gasteiger charge is -2.11. The highest BCUT2D eigenvalue weighted by Crippen LogP contribution is 2.22. The molecule has 0 aliphatic carbocycles. The first-order valence-electron chi connectivity index (χ1n) is 7.94. The standard InChI is InChI=1S/C17H24N4O4/c1-5-11(2)18-15(22)10-12(3)20-21-17(24)16(23)19-13-8-6-7-9-14(13)25-4/h6-9,11H,5,10H2,1-4H3,(H,18,22)(H,19,23)(H,21,24). The second-order valence-electron chi connectivity index (χ2n) is 5.50. The molecule has 0 saturated carbocycles. The second kappa shape index (κ2) is 10.1. The molecule has 0 fully saturated rings. The van der Waals surface area contributed by atoms with E-state index in [0.717, 1.165) is 6.42 Å². The van der Waals surface area contributed by atoms with Gasteiger partial charge in [0.1, 0.15) is 5.75 Å². The lowest BCUT2D eigenvalue weighted by atomic mass is 10.2. The zero-order valence-corrected chi connectivity index (χ0v) is 14.9. The van der Waals surface area contributed by atoms with Gasteiger partial charge in [0, 0.05) is 11.8 Å². The highest BCUT2D eigenvalue weighted by molar-refractivity contribution is 6.39. The molecule has 1 atom stereocenters. The van der Waals surface area contributed by atoms with Gasteiger partial charge in [-0.2, -0.15) is 5.10 Å².